The summed E-state index contributed by atoms with van der Waals surface area (Å²) in [6.45, 7) is 13.3. The fourth-order valence-electron chi connectivity index (χ4n) is 3.04. The molecule has 1 aromatic heterocycles. The van der Waals surface area contributed by atoms with E-state index in [-0.39, 0.29) is 5.41 Å². The van der Waals surface area contributed by atoms with Crippen LogP contribution < -0.4 is 0 Å². The molecule has 0 bridgehead atoms. The molecule has 0 aliphatic rings. The van der Waals surface area contributed by atoms with Crippen LogP contribution in [0.2, 0.25) is 0 Å². The van der Waals surface area contributed by atoms with Gasteiger partial charge in [0, 0.05) is 5.39 Å². The van der Waals surface area contributed by atoms with Gasteiger partial charge >= 0.3 is 0 Å². The molecular weight excluding hydrogens is 246 g/mol. The Morgan fingerprint density at radius 3 is 2.55 bits per heavy atom. The first-order chi connectivity index (χ1) is 9.31. The van der Waals surface area contributed by atoms with E-state index in [1.54, 1.807) is 0 Å². The molecule has 1 atom stereocenters. The minimum atomic E-state index is -0.0154. The van der Waals surface area contributed by atoms with E-state index in [0.29, 0.717) is 11.6 Å². The summed E-state index contributed by atoms with van der Waals surface area (Å²) in [5, 5.41) is 17.5. The van der Waals surface area contributed by atoms with E-state index in [9.17, 15) is 5.26 Å². The molecule has 1 unspecified atom stereocenters. The lowest BCUT2D eigenvalue weighted by atomic mass is 9.76. The number of nitriles is 1. The van der Waals surface area contributed by atoms with Gasteiger partial charge < -0.3 is 0 Å². The molecule has 1 N–H and O–H groups in total. The molecule has 0 aliphatic heterocycles. The van der Waals surface area contributed by atoms with Gasteiger partial charge in [-0.05, 0) is 47.4 Å². The van der Waals surface area contributed by atoms with Crippen molar-refractivity contribution in [1.82, 2.24) is 10.2 Å². The fraction of sp³-hybridized carbons (Fsp3) is 0.529. The molecule has 0 saturated carbocycles. The van der Waals surface area contributed by atoms with Gasteiger partial charge in [-0.1, -0.05) is 34.6 Å². The Kier molecular flexibility index (Phi) is 3.60. The molecule has 0 radical (unpaired) electrons. The summed E-state index contributed by atoms with van der Waals surface area (Å²) in [5.41, 5.74) is 5.39. The van der Waals surface area contributed by atoms with Crippen LogP contribution in [0.4, 0.5) is 0 Å². The molecule has 0 aliphatic carbocycles. The van der Waals surface area contributed by atoms with E-state index in [1.807, 2.05) is 0 Å². The smallest absolute Gasteiger partial charge is 0.170 e. The van der Waals surface area contributed by atoms with Crippen molar-refractivity contribution in [3.05, 3.63) is 28.5 Å². The molecule has 3 nitrogen and oxygen atoms in total. The highest BCUT2D eigenvalue weighted by atomic mass is 15.1. The fourth-order valence-corrected chi connectivity index (χ4v) is 3.04. The van der Waals surface area contributed by atoms with Gasteiger partial charge in [0.05, 0.1) is 5.52 Å². The Balaban J connectivity index is 2.98. The van der Waals surface area contributed by atoms with Crippen LogP contribution in [0.5, 0.6) is 0 Å². The molecule has 0 saturated heterocycles. The summed E-state index contributed by atoms with van der Waals surface area (Å²) >= 11 is 0. The second-order valence-corrected chi connectivity index (χ2v) is 6.65. The first-order valence-corrected chi connectivity index (χ1v) is 7.23. The molecule has 1 heterocycles. The molecule has 0 spiro atoms. The lowest BCUT2D eigenvalue weighted by molar-refractivity contribution is 0.575. The van der Waals surface area contributed by atoms with Crippen molar-refractivity contribution in [3.63, 3.8) is 0 Å². The topological polar surface area (TPSA) is 52.5 Å². The maximum absolute atomic E-state index is 9.34. The second kappa shape index (κ2) is 4.94. The van der Waals surface area contributed by atoms with Crippen LogP contribution in [-0.2, 0) is 5.41 Å². The van der Waals surface area contributed by atoms with Crippen molar-refractivity contribution in [3.8, 4) is 6.07 Å². The van der Waals surface area contributed by atoms with Crippen LogP contribution in [0.3, 0.4) is 0 Å². The zero-order chi connectivity index (χ0) is 15.1. The third kappa shape index (κ3) is 2.20. The van der Waals surface area contributed by atoms with Crippen molar-refractivity contribution in [2.75, 3.05) is 0 Å². The average molecular weight is 269 g/mol. The van der Waals surface area contributed by atoms with E-state index in [2.05, 4.69) is 63.9 Å². The van der Waals surface area contributed by atoms with Crippen LogP contribution in [0.25, 0.3) is 10.9 Å². The number of nitrogens with zero attached hydrogens (tertiary/aromatic N) is 2. The number of H-pyrrole nitrogens is 1. The molecule has 0 amide bonds. The summed E-state index contributed by atoms with van der Waals surface area (Å²) in [6.07, 6.45) is 1.09. The van der Waals surface area contributed by atoms with Gasteiger partial charge in [-0.3, -0.25) is 5.10 Å². The van der Waals surface area contributed by atoms with Crippen molar-refractivity contribution in [2.24, 2.45) is 0 Å². The van der Waals surface area contributed by atoms with Crippen LogP contribution in [0, 0.1) is 18.3 Å². The molecule has 1 aromatic carbocycles. The number of aromatic nitrogens is 2. The van der Waals surface area contributed by atoms with Crippen LogP contribution in [0.1, 0.15) is 69.3 Å². The molecule has 2 rings (SSSR count). The van der Waals surface area contributed by atoms with Gasteiger partial charge in [0.2, 0.25) is 0 Å². The summed E-state index contributed by atoms with van der Waals surface area (Å²) in [5.74, 6) is 0.482. The minimum absolute atomic E-state index is 0.0154. The second-order valence-electron chi connectivity index (χ2n) is 6.65. The summed E-state index contributed by atoms with van der Waals surface area (Å²) in [4.78, 5) is 0. The van der Waals surface area contributed by atoms with E-state index < -0.39 is 0 Å². The largest absolute Gasteiger partial charge is 0.276 e. The molecule has 2 aromatic rings. The Labute approximate surface area is 121 Å². The van der Waals surface area contributed by atoms with E-state index in [1.165, 1.54) is 16.7 Å². The van der Waals surface area contributed by atoms with Crippen LogP contribution >= 0.6 is 0 Å². The zero-order valence-electron chi connectivity index (χ0n) is 13.3. The van der Waals surface area contributed by atoms with E-state index in [4.69, 9.17) is 0 Å². The Morgan fingerprint density at radius 1 is 1.40 bits per heavy atom. The number of benzene rings is 1. The van der Waals surface area contributed by atoms with Crippen LogP contribution in [-0.4, -0.2) is 10.2 Å². The predicted molar refractivity (Wildman–Crippen MR) is 83.0 cm³/mol. The Hall–Kier alpha value is -1.82. The number of aromatic amines is 1. The number of hydrogen-bond donors (Lipinski definition) is 1. The molecule has 106 valence electrons. The quantitative estimate of drug-likeness (QED) is 0.869. The summed E-state index contributed by atoms with van der Waals surface area (Å²) in [7, 11) is 0. The van der Waals surface area contributed by atoms with Gasteiger partial charge in [0.1, 0.15) is 6.07 Å². The lowest BCUT2D eigenvalue weighted by Crippen LogP contribution is -2.17. The van der Waals surface area contributed by atoms with Gasteiger partial charge in [0.25, 0.3) is 0 Å². The monoisotopic (exact) mass is 269 g/mol. The standard InChI is InChI=1S/C17H23N3/c1-7-10(2)14-11(3)8-12-15(13(9-18)20-19-12)16(14)17(4,5)6/h8,10H,7H2,1-6H3,(H,19,20). The highest BCUT2D eigenvalue weighted by Crippen LogP contribution is 2.40. The third-order valence-electron chi connectivity index (χ3n) is 4.06. The Bertz CT molecular complexity index is 681. The van der Waals surface area contributed by atoms with Gasteiger partial charge in [-0.2, -0.15) is 10.4 Å². The van der Waals surface area contributed by atoms with Crippen LogP contribution in [0.15, 0.2) is 6.07 Å². The maximum Gasteiger partial charge on any atom is 0.170 e. The number of fused-ring (bicyclic) bond motifs is 1. The molecule has 20 heavy (non-hydrogen) atoms. The highest BCUT2D eigenvalue weighted by molar-refractivity contribution is 5.90. The van der Waals surface area contributed by atoms with Crippen molar-refractivity contribution in [1.29, 1.82) is 5.26 Å². The minimum Gasteiger partial charge on any atom is -0.276 e. The summed E-state index contributed by atoms with van der Waals surface area (Å²) < 4.78 is 0. The molecule has 0 fully saturated rings. The van der Waals surface area contributed by atoms with Gasteiger partial charge in [-0.25, -0.2) is 0 Å². The third-order valence-corrected chi connectivity index (χ3v) is 4.06. The Morgan fingerprint density at radius 2 is 2.05 bits per heavy atom. The molecular formula is C17H23N3. The number of nitrogens with one attached hydrogen (secondary N) is 1. The van der Waals surface area contributed by atoms with Crippen molar-refractivity contribution in [2.45, 2.75) is 59.3 Å². The zero-order valence-corrected chi connectivity index (χ0v) is 13.3. The normalized spacial score (nSPS) is 13.4. The average Bonchev–Trinajstić information content (AvgIpc) is 2.77. The number of rotatable bonds is 2. The van der Waals surface area contributed by atoms with E-state index >= 15 is 0 Å². The predicted octanol–water partition coefficient (Wildman–Crippen LogP) is 4.55. The first kappa shape index (κ1) is 14.6. The van der Waals surface area contributed by atoms with Crippen molar-refractivity contribution >= 4 is 10.9 Å². The van der Waals surface area contributed by atoms with E-state index in [0.717, 1.165) is 17.3 Å². The van der Waals surface area contributed by atoms with Gasteiger partial charge in [-0.15, -0.1) is 0 Å². The first-order valence-electron chi connectivity index (χ1n) is 7.23. The number of aryl methyl sites for hydroxylation is 1. The SMILES string of the molecule is CCC(C)c1c(C)cc2[nH]nc(C#N)c2c1C(C)(C)C. The number of hydrogen-bond acceptors (Lipinski definition) is 2. The lowest BCUT2D eigenvalue weighted by Gasteiger charge is -2.28. The van der Waals surface area contributed by atoms with Crippen molar-refractivity contribution < 1.29 is 0 Å². The summed E-state index contributed by atoms with van der Waals surface area (Å²) in [6, 6.07) is 4.35. The molecule has 3 heteroatoms. The highest BCUT2D eigenvalue weighted by Gasteiger charge is 2.27. The maximum atomic E-state index is 9.34. The van der Waals surface area contributed by atoms with Gasteiger partial charge in [0.15, 0.2) is 5.69 Å².